The van der Waals surface area contributed by atoms with Crippen LogP contribution in [0.1, 0.15) is 44.0 Å². The van der Waals surface area contributed by atoms with E-state index in [0.29, 0.717) is 5.69 Å². The summed E-state index contributed by atoms with van der Waals surface area (Å²) in [5.74, 6) is -0.433. The van der Waals surface area contributed by atoms with Crippen molar-refractivity contribution in [1.82, 2.24) is 29.6 Å². The molecule has 1 aliphatic carbocycles. The molecule has 1 amide bonds. The molecule has 0 atom stereocenters. The summed E-state index contributed by atoms with van der Waals surface area (Å²) in [4.78, 5) is 33.0. The minimum absolute atomic E-state index is 0.0967. The van der Waals surface area contributed by atoms with Crippen LogP contribution in [0.25, 0.3) is 16.9 Å². The number of aryl methyl sites for hydroxylation is 1. The molecule has 1 aromatic carbocycles. The molecule has 0 saturated heterocycles. The van der Waals surface area contributed by atoms with Gasteiger partial charge in [0.1, 0.15) is 29.5 Å². The normalized spacial score (nSPS) is 13.5. The first kappa shape index (κ1) is 26.2. The van der Waals surface area contributed by atoms with Crippen molar-refractivity contribution in [2.45, 2.75) is 45.3 Å². The van der Waals surface area contributed by atoms with Gasteiger partial charge in [0.05, 0.1) is 29.7 Å². The number of hydrogen-bond acceptors (Lipinski definition) is 9. The fourth-order valence-corrected chi connectivity index (χ4v) is 3.81. The average Bonchev–Trinajstić information content (AvgIpc) is 3.45. The summed E-state index contributed by atoms with van der Waals surface area (Å²) in [6, 6.07) is 6.33. The Bertz CT molecular complexity index is 1550. The SMILES string of the molecule is CN(C(=O)OC(C)(C)C)c1cc(Nc2cccc(-c3cnn(C)n3)c2F)nc2c(C(=O)COC3CC3)cnn12. The predicted molar refractivity (Wildman–Crippen MR) is 141 cm³/mol. The van der Waals surface area contributed by atoms with Crippen LogP contribution in [-0.2, 0) is 16.5 Å². The number of ketones is 1. The van der Waals surface area contributed by atoms with E-state index in [2.05, 4.69) is 25.6 Å². The molecule has 0 radical (unpaired) electrons. The van der Waals surface area contributed by atoms with Gasteiger partial charge in [-0.25, -0.2) is 14.2 Å². The molecule has 39 heavy (non-hydrogen) atoms. The first-order valence-electron chi connectivity index (χ1n) is 12.4. The number of anilines is 3. The summed E-state index contributed by atoms with van der Waals surface area (Å²) in [5, 5.41) is 15.5. The topological polar surface area (TPSA) is 129 Å². The predicted octanol–water partition coefficient (Wildman–Crippen LogP) is 4.14. The Labute approximate surface area is 223 Å². The molecule has 0 unspecified atom stereocenters. The number of nitrogens with zero attached hydrogens (tertiary/aromatic N) is 7. The Kier molecular flexibility index (Phi) is 6.76. The Hall–Kier alpha value is -4.39. The number of benzene rings is 1. The van der Waals surface area contributed by atoms with E-state index < -0.39 is 17.5 Å². The van der Waals surface area contributed by atoms with Gasteiger partial charge in [0.15, 0.2) is 17.2 Å². The molecule has 204 valence electrons. The summed E-state index contributed by atoms with van der Waals surface area (Å²) in [5.41, 5.74) is 0.385. The molecule has 3 heterocycles. The zero-order chi connectivity index (χ0) is 27.9. The van der Waals surface area contributed by atoms with Crippen molar-refractivity contribution in [1.29, 1.82) is 0 Å². The highest BCUT2D eigenvalue weighted by Gasteiger charge is 2.27. The molecule has 0 bridgehead atoms. The molecular weight excluding hydrogens is 507 g/mol. The van der Waals surface area contributed by atoms with E-state index in [4.69, 9.17) is 9.47 Å². The first-order valence-corrected chi connectivity index (χ1v) is 12.4. The zero-order valence-corrected chi connectivity index (χ0v) is 22.3. The number of carbonyl (C=O) groups is 2. The largest absolute Gasteiger partial charge is 0.443 e. The number of fused-ring (bicyclic) bond motifs is 1. The van der Waals surface area contributed by atoms with Crippen LogP contribution in [-0.4, -0.2) is 66.8 Å². The highest BCUT2D eigenvalue weighted by molar-refractivity contribution is 6.02. The quantitative estimate of drug-likeness (QED) is 0.330. The van der Waals surface area contributed by atoms with Gasteiger partial charge in [-0.2, -0.15) is 24.6 Å². The molecule has 13 heteroatoms. The van der Waals surface area contributed by atoms with Gasteiger partial charge in [-0.3, -0.25) is 9.69 Å². The van der Waals surface area contributed by atoms with Gasteiger partial charge in [0, 0.05) is 25.7 Å². The van der Waals surface area contributed by atoms with Crippen molar-refractivity contribution in [2.75, 3.05) is 23.9 Å². The number of nitrogens with one attached hydrogen (secondary N) is 1. The second-order valence-electron chi connectivity index (χ2n) is 10.3. The molecular formula is C26H29FN8O4. The lowest BCUT2D eigenvalue weighted by Gasteiger charge is -2.25. The molecule has 12 nitrogen and oxygen atoms in total. The molecule has 1 N–H and O–H groups in total. The van der Waals surface area contributed by atoms with Gasteiger partial charge in [0.2, 0.25) is 0 Å². The van der Waals surface area contributed by atoms with Gasteiger partial charge in [-0.15, -0.1) is 0 Å². The number of hydrogen-bond donors (Lipinski definition) is 1. The second kappa shape index (κ2) is 10.1. The van der Waals surface area contributed by atoms with Crippen LogP contribution in [0.3, 0.4) is 0 Å². The lowest BCUT2D eigenvalue weighted by molar-refractivity contribution is 0.0587. The number of ether oxygens (including phenoxy) is 2. The van der Waals surface area contributed by atoms with Crippen LogP contribution in [0.2, 0.25) is 0 Å². The van der Waals surface area contributed by atoms with Crippen molar-refractivity contribution >= 4 is 34.8 Å². The van der Waals surface area contributed by atoms with Crippen molar-refractivity contribution in [3.8, 4) is 11.3 Å². The van der Waals surface area contributed by atoms with Crippen molar-refractivity contribution < 1.29 is 23.5 Å². The summed E-state index contributed by atoms with van der Waals surface area (Å²) >= 11 is 0. The summed E-state index contributed by atoms with van der Waals surface area (Å²) in [6.07, 6.45) is 4.16. The lowest BCUT2D eigenvalue weighted by Crippen LogP contribution is -2.35. The maximum atomic E-state index is 15.5. The lowest BCUT2D eigenvalue weighted by atomic mass is 10.1. The van der Waals surface area contributed by atoms with E-state index in [0.717, 1.165) is 12.8 Å². The van der Waals surface area contributed by atoms with Gasteiger partial charge in [0.25, 0.3) is 0 Å². The van der Waals surface area contributed by atoms with Gasteiger partial charge < -0.3 is 14.8 Å². The van der Waals surface area contributed by atoms with Crippen molar-refractivity contribution in [3.05, 3.63) is 48.0 Å². The highest BCUT2D eigenvalue weighted by atomic mass is 19.1. The Morgan fingerprint density at radius 2 is 1.97 bits per heavy atom. The first-order chi connectivity index (χ1) is 18.5. The number of carbonyl (C=O) groups excluding carboxylic acids is 2. The van der Waals surface area contributed by atoms with Gasteiger partial charge in [-0.1, -0.05) is 6.07 Å². The fraction of sp³-hybridized carbons (Fsp3) is 0.385. The minimum Gasteiger partial charge on any atom is -0.443 e. The summed E-state index contributed by atoms with van der Waals surface area (Å²) < 4.78 is 28.0. The molecule has 4 aromatic rings. The number of rotatable bonds is 8. The van der Waals surface area contributed by atoms with E-state index in [-0.39, 0.29) is 52.6 Å². The number of aromatic nitrogens is 6. The molecule has 1 aliphatic rings. The smallest absolute Gasteiger partial charge is 0.415 e. The summed E-state index contributed by atoms with van der Waals surface area (Å²) in [6.45, 7) is 5.15. The highest BCUT2D eigenvalue weighted by Crippen LogP contribution is 2.30. The van der Waals surface area contributed by atoms with Crippen molar-refractivity contribution in [3.63, 3.8) is 0 Å². The van der Waals surface area contributed by atoms with E-state index in [9.17, 15) is 9.59 Å². The molecule has 1 saturated carbocycles. The second-order valence-corrected chi connectivity index (χ2v) is 10.3. The van der Waals surface area contributed by atoms with Crippen LogP contribution in [0.15, 0.2) is 36.7 Å². The van der Waals surface area contributed by atoms with E-state index in [1.165, 1.54) is 39.7 Å². The average molecular weight is 537 g/mol. The van der Waals surface area contributed by atoms with Crippen LogP contribution in [0.4, 0.5) is 26.5 Å². The molecule has 3 aromatic heterocycles. The van der Waals surface area contributed by atoms with Crippen LogP contribution >= 0.6 is 0 Å². The number of amides is 1. The van der Waals surface area contributed by atoms with Gasteiger partial charge >= 0.3 is 6.09 Å². The fourth-order valence-electron chi connectivity index (χ4n) is 3.81. The van der Waals surface area contributed by atoms with E-state index in [1.807, 2.05) is 0 Å². The molecule has 5 rings (SSSR count). The van der Waals surface area contributed by atoms with Crippen molar-refractivity contribution in [2.24, 2.45) is 7.05 Å². The number of Topliss-reactive ketones (excluding diaryl/α,β-unsaturated/α-hetero) is 1. The molecule has 0 aliphatic heterocycles. The minimum atomic E-state index is -0.742. The monoisotopic (exact) mass is 536 g/mol. The van der Waals surface area contributed by atoms with Crippen LogP contribution < -0.4 is 10.2 Å². The third-order valence-electron chi connectivity index (χ3n) is 5.88. The molecule has 0 spiro atoms. The Balaban J connectivity index is 1.55. The summed E-state index contributed by atoms with van der Waals surface area (Å²) in [7, 11) is 3.16. The molecule has 1 fully saturated rings. The maximum absolute atomic E-state index is 15.5. The third-order valence-corrected chi connectivity index (χ3v) is 5.88. The van der Waals surface area contributed by atoms with Gasteiger partial charge in [-0.05, 0) is 45.7 Å². The number of halogens is 1. The van der Waals surface area contributed by atoms with Crippen LogP contribution in [0, 0.1) is 5.82 Å². The Morgan fingerprint density at radius 3 is 2.64 bits per heavy atom. The van der Waals surface area contributed by atoms with Crippen LogP contribution in [0.5, 0.6) is 0 Å². The van der Waals surface area contributed by atoms with E-state index >= 15 is 4.39 Å². The standard InChI is InChI=1S/C26H29FN8O4/c1-26(2,3)39-25(37)33(4)22-11-21(30-18-8-6-7-16(23(18)27)19-13-28-34(5)32-19)31-24-17(12-29-35(22)24)20(36)14-38-15-9-10-15/h6-8,11-13,15H,9-10,14H2,1-5H3,(H,30,31). The third kappa shape index (κ3) is 5.72. The maximum Gasteiger partial charge on any atom is 0.415 e. The zero-order valence-electron chi connectivity index (χ0n) is 22.3. The van der Waals surface area contributed by atoms with E-state index in [1.54, 1.807) is 46.0 Å². The Morgan fingerprint density at radius 1 is 1.21 bits per heavy atom.